The first-order valence-corrected chi connectivity index (χ1v) is 7.67. The van der Waals surface area contributed by atoms with Crippen LogP contribution in [0, 0.1) is 0 Å². The summed E-state index contributed by atoms with van der Waals surface area (Å²) in [4.78, 5) is 5.00. The number of likely N-dealkylation sites (tertiary alicyclic amines) is 1. The van der Waals surface area contributed by atoms with Crippen molar-refractivity contribution in [1.29, 1.82) is 0 Å². The first-order valence-electron chi connectivity index (χ1n) is 7.29. The molecule has 2 aliphatic heterocycles. The van der Waals surface area contributed by atoms with Crippen LogP contribution in [0.1, 0.15) is 31.7 Å². The maximum atomic E-state index is 5.96. The normalized spacial score (nSPS) is 24.3. The zero-order valence-electron chi connectivity index (χ0n) is 11.5. The molecule has 0 spiro atoms. The van der Waals surface area contributed by atoms with E-state index in [4.69, 9.17) is 11.6 Å². The van der Waals surface area contributed by atoms with E-state index in [1.54, 1.807) is 0 Å². The lowest BCUT2D eigenvalue weighted by molar-refractivity contribution is 0.211. The molecule has 3 heterocycles. The molecule has 1 saturated heterocycles. The van der Waals surface area contributed by atoms with Gasteiger partial charge in [0.1, 0.15) is 0 Å². The van der Waals surface area contributed by atoms with Gasteiger partial charge >= 0.3 is 0 Å². The number of hydrogen-bond donors (Lipinski definition) is 0. The van der Waals surface area contributed by atoms with Crippen LogP contribution >= 0.6 is 11.6 Å². The SMILES string of the molecule is CCN1CCC[C@@H](N2CCCc3cc(Cl)nnc32)C1. The van der Waals surface area contributed by atoms with Crippen molar-refractivity contribution >= 4 is 17.4 Å². The zero-order chi connectivity index (χ0) is 13.2. The molecule has 1 atom stereocenters. The lowest BCUT2D eigenvalue weighted by Crippen LogP contribution is -2.50. The summed E-state index contributed by atoms with van der Waals surface area (Å²) in [6.45, 7) is 6.88. The van der Waals surface area contributed by atoms with E-state index >= 15 is 0 Å². The molecule has 0 bridgehead atoms. The predicted octanol–water partition coefficient (Wildman–Crippen LogP) is 2.37. The minimum atomic E-state index is 0.513. The zero-order valence-corrected chi connectivity index (χ0v) is 12.2. The molecule has 4 nitrogen and oxygen atoms in total. The number of fused-ring (bicyclic) bond motifs is 1. The first kappa shape index (κ1) is 13.1. The standard InChI is InChI=1S/C14H21ClN4/c1-2-18-7-4-6-12(10-18)19-8-3-5-11-9-13(15)16-17-14(11)19/h9,12H,2-8,10H2,1H3/t12-/m1/s1. The minimum absolute atomic E-state index is 0.513. The first-order chi connectivity index (χ1) is 9.28. The second kappa shape index (κ2) is 5.63. The molecule has 0 radical (unpaired) electrons. The second-order valence-electron chi connectivity index (χ2n) is 5.50. The molecular formula is C14H21ClN4. The Morgan fingerprint density at radius 3 is 3.05 bits per heavy atom. The van der Waals surface area contributed by atoms with Gasteiger partial charge in [-0.05, 0) is 50.4 Å². The average Bonchev–Trinajstić information content (AvgIpc) is 2.46. The summed E-state index contributed by atoms with van der Waals surface area (Å²) in [5.41, 5.74) is 1.26. The van der Waals surface area contributed by atoms with Crippen LogP contribution in [0.5, 0.6) is 0 Å². The summed E-state index contributed by atoms with van der Waals surface area (Å²) >= 11 is 5.96. The Bertz CT molecular complexity index is 451. The van der Waals surface area contributed by atoms with E-state index in [2.05, 4.69) is 26.9 Å². The van der Waals surface area contributed by atoms with Gasteiger partial charge in [-0.25, -0.2) is 0 Å². The fourth-order valence-corrected chi connectivity index (χ4v) is 3.47. The highest BCUT2D eigenvalue weighted by atomic mass is 35.5. The largest absolute Gasteiger partial charge is 0.351 e. The Hall–Kier alpha value is -0.870. The van der Waals surface area contributed by atoms with Crippen molar-refractivity contribution < 1.29 is 0 Å². The highest BCUT2D eigenvalue weighted by Gasteiger charge is 2.29. The van der Waals surface area contributed by atoms with E-state index in [-0.39, 0.29) is 0 Å². The Labute approximate surface area is 119 Å². The average molecular weight is 281 g/mol. The van der Waals surface area contributed by atoms with Gasteiger partial charge in [0.25, 0.3) is 0 Å². The Morgan fingerprint density at radius 1 is 1.32 bits per heavy atom. The molecule has 1 aromatic rings. The molecule has 0 saturated carbocycles. The summed E-state index contributed by atoms with van der Waals surface area (Å²) in [6, 6.07) is 2.57. The summed E-state index contributed by atoms with van der Waals surface area (Å²) in [7, 11) is 0. The van der Waals surface area contributed by atoms with E-state index in [1.165, 1.54) is 31.4 Å². The summed E-state index contributed by atoms with van der Waals surface area (Å²) in [5.74, 6) is 1.07. The van der Waals surface area contributed by atoms with Gasteiger partial charge in [-0.1, -0.05) is 18.5 Å². The molecule has 0 unspecified atom stereocenters. The molecule has 0 aromatic carbocycles. The van der Waals surface area contributed by atoms with E-state index in [9.17, 15) is 0 Å². The third-order valence-corrected chi connectivity index (χ3v) is 4.49. The molecule has 0 N–H and O–H groups in total. The van der Waals surface area contributed by atoms with Gasteiger partial charge in [0.2, 0.25) is 0 Å². The molecule has 19 heavy (non-hydrogen) atoms. The van der Waals surface area contributed by atoms with Gasteiger partial charge in [0.05, 0.1) is 0 Å². The number of anilines is 1. The monoisotopic (exact) mass is 280 g/mol. The fourth-order valence-electron chi connectivity index (χ4n) is 3.30. The van der Waals surface area contributed by atoms with Gasteiger partial charge in [0.15, 0.2) is 11.0 Å². The topological polar surface area (TPSA) is 32.3 Å². The number of hydrogen-bond acceptors (Lipinski definition) is 4. The van der Waals surface area contributed by atoms with Crippen molar-refractivity contribution in [1.82, 2.24) is 15.1 Å². The molecule has 2 aliphatic rings. The molecule has 5 heteroatoms. The van der Waals surface area contributed by atoms with Crippen molar-refractivity contribution in [3.8, 4) is 0 Å². The highest BCUT2D eigenvalue weighted by molar-refractivity contribution is 6.29. The number of halogens is 1. The van der Waals surface area contributed by atoms with Crippen LogP contribution < -0.4 is 4.90 Å². The number of piperidine rings is 1. The van der Waals surface area contributed by atoms with Crippen LogP contribution in [0.25, 0.3) is 0 Å². The molecule has 3 rings (SSSR count). The fraction of sp³-hybridized carbons (Fsp3) is 0.714. The number of likely N-dealkylation sites (N-methyl/N-ethyl adjacent to an activating group) is 1. The van der Waals surface area contributed by atoms with Crippen LogP contribution in [0.3, 0.4) is 0 Å². The highest BCUT2D eigenvalue weighted by Crippen LogP contribution is 2.30. The smallest absolute Gasteiger partial charge is 0.154 e. The molecule has 1 fully saturated rings. The van der Waals surface area contributed by atoms with Crippen LogP contribution in [0.2, 0.25) is 5.15 Å². The molecule has 104 valence electrons. The maximum absolute atomic E-state index is 5.96. The molecular weight excluding hydrogens is 260 g/mol. The van der Waals surface area contributed by atoms with E-state index in [0.717, 1.165) is 31.9 Å². The number of aryl methyl sites for hydroxylation is 1. The Morgan fingerprint density at radius 2 is 2.21 bits per heavy atom. The number of aromatic nitrogens is 2. The molecule has 0 amide bonds. The third-order valence-electron chi connectivity index (χ3n) is 4.31. The lowest BCUT2D eigenvalue weighted by Gasteiger charge is -2.41. The van der Waals surface area contributed by atoms with Crippen LogP contribution in [0.4, 0.5) is 5.82 Å². The molecule has 0 aliphatic carbocycles. The Kier molecular flexibility index (Phi) is 3.89. The molecule has 1 aromatic heterocycles. The third kappa shape index (κ3) is 2.70. The van der Waals surface area contributed by atoms with Crippen molar-refractivity contribution in [3.63, 3.8) is 0 Å². The number of rotatable bonds is 2. The van der Waals surface area contributed by atoms with Crippen molar-refractivity contribution in [2.75, 3.05) is 31.1 Å². The summed E-state index contributed by atoms with van der Waals surface area (Å²) < 4.78 is 0. The van der Waals surface area contributed by atoms with Gasteiger partial charge in [-0.3, -0.25) is 0 Å². The van der Waals surface area contributed by atoms with Crippen LogP contribution in [0.15, 0.2) is 6.07 Å². The van der Waals surface area contributed by atoms with Gasteiger partial charge in [0, 0.05) is 19.1 Å². The number of nitrogens with zero attached hydrogens (tertiary/aromatic N) is 4. The van der Waals surface area contributed by atoms with Crippen LogP contribution in [-0.2, 0) is 6.42 Å². The van der Waals surface area contributed by atoms with Gasteiger partial charge in [-0.15, -0.1) is 10.2 Å². The van der Waals surface area contributed by atoms with E-state index < -0.39 is 0 Å². The lowest BCUT2D eigenvalue weighted by atomic mass is 9.99. The van der Waals surface area contributed by atoms with Crippen molar-refractivity contribution in [2.24, 2.45) is 0 Å². The van der Waals surface area contributed by atoms with E-state index in [0.29, 0.717) is 11.2 Å². The summed E-state index contributed by atoms with van der Waals surface area (Å²) in [5, 5.41) is 8.90. The van der Waals surface area contributed by atoms with Crippen molar-refractivity contribution in [3.05, 3.63) is 16.8 Å². The van der Waals surface area contributed by atoms with Crippen LogP contribution in [-0.4, -0.2) is 47.3 Å². The maximum Gasteiger partial charge on any atom is 0.154 e. The van der Waals surface area contributed by atoms with Crippen molar-refractivity contribution in [2.45, 2.75) is 38.6 Å². The minimum Gasteiger partial charge on any atom is -0.351 e. The van der Waals surface area contributed by atoms with E-state index in [1.807, 2.05) is 6.07 Å². The van der Waals surface area contributed by atoms with Gasteiger partial charge < -0.3 is 9.80 Å². The predicted molar refractivity (Wildman–Crippen MR) is 77.8 cm³/mol. The second-order valence-corrected chi connectivity index (χ2v) is 5.89. The quantitative estimate of drug-likeness (QED) is 0.833. The van der Waals surface area contributed by atoms with Gasteiger partial charge in [-0.2, -0.15) is 0 Å². The summed E-state index contributed by atoms with van der Waals surface area (Å²) in [6.07, 6.45) is 4.81. The Balaban J connectivity index is 1.83.